The summed E-state index contributed by atoms with van der Waals surface area (Å²) in [6.45, 7) is 14.2. The van der Waals surface area contributed by atoms with Crippen molar-refractivity contribution in [2.45, 2.75) is 258 Å². The predicted octanol–water partition coefficient (Wildman–Crippen LogP) is 15.1. The second-order valence-corrected chi connectivity index (χ2v) is 14.0. The van der Waals surface area contributed by atoms with Gasteiger partial charge in [0.25, 0.3) is 0 Å². The lowest BCUT2D eigenvalue weighted by molar-refractivity contribution is -0.181. The van der Waals surface area contributed by atoms with Crippen molar-refractivity contribution in [3.63, 3.8) is 0 Å². The molecule has 0 N–H and O–H groups in total. The van der Waals surface area contributed by atoms with Gasteiger partial charge in [-0.05, 0) is 38.5 Å². The summed E-state index contributed by atoms with van der Waals surface area (Å²) >= 11 is 0. The third-order valence-electron chi connectivity index (χ3n) is 9.73. The molecule has 41 heavy (non-hydrogen) atoms. The Morgan fingerprint density at radius 1 is 0.244 bits per heavy atom. The first-order valence-corrected chi connectivity index (χ1v) is 19.8. The molecule has 0 saturated carbocycles. The summed E-state index contributed by atoms with van der Waals surface area (Å²) in [4.78, 5) is 0. The molecule has 1 nitrogen and oxygen atoms in total. The van der Waals surface area contributed by atoms with Crippen LogP contribution in [0.5, 0.6) is 0 Å². The molecule has 0 atom stereocenters. The Hall–Kier alpha value is -0.0400. The van der Waals surface area contributed by atoms with E-state index >= 15 is 0 Å². The summed E-state index contributed by atoms with van der Waals surface area (Å²) in [6.07, 6.45) is 44.0. The van der Waals surface area contributed by atoms with Gasteiger partial charge in [-0.1, -0.05) is 208 Å². The number of unbranched alkanes of at least 4 members (excludes halogenated alkanes) is 20. The van der Waals surface area contributed by atoms with Crippen molar-refractivity contribution in [1.82, 2.24) is 0 Å². The summed E-state index contributed by atoms with van der Waals surface area (Å²) < 4.78 is 7.57. The Kier molecular flexibility index (Phi) is 30.0. The Bertz CT molecular complexity index is 441. The van der Waals surface area contributed by atoms with Crippen LogP contribution in [-0.4, -0.2) is 11.2 Å². The molecule has 0 unspecified atom stereocenters. The lowest BCUT2D eigenvalue weighted by Crippen LogP contribution is -2.45. The summed E-state index contributed by atoms with van der Waals surface area (Å²) in [7, 11) is 0. The van der Waals surface area contributed by atoms with Crippen LogP contribution in [0.25, 0.3) is 0 Å². The molecule has 0 aromatic heterocycles. The lowest BCUT2D eigenvalue weighted by atomic mass is 9.81. The first-order chi connectivity index (χ1) is 20.1. The molecule has 0 fully saturated rings. The molecule has 248 valence electrons. The van der Waals surface area contributed by atoms with Gasteiger partial charge in [-0.3, -0.25) is 0 Å². The van der Waals surface area contributed by atoms with Crippen molar-refractivity contribution in [2.24, 2.45) is 0 Å². The molecule has 0 saturated heterocycles. The van der Waals surface area contributed by atoms with Crippen LogP contribution < -0.4 is 0 Å². The number of hydrogen-bond donors (Lipinski definition) is 0. The van der Waals surface area contributed by atoms with E-state index in [1.807, 2.05) is 0 Å². The molecule has 0 aromatic rings. The third kappa shape index (κ3) is 23.1. The van der Waals surface area contributed by atoms with Crippen molar-refractivity contribution in [3.8, 4) is 0 Å². The maximum Gasteiger partial charge on any atom is 0.0689 e. The number of ether oxygens (including phenoxy) is 1. The van der Waals surface area contributed by atoms with Crippen molar-refractivity contribution in [1.29, 1.82) is 0 Å². The van der Waals surface area contributed by atoms with Crippen LogP contribution in [0.15, 0.2) is 0 Å². The van der Waals surface area contributed by atoms with Gasteiger partial charge in [-0.2, -0.15) is 0 Å². The van der Waals surface area contributed by atoms with Gasteiger partial charge in [0, 0.05) is 0 Å². The Morgan fingerprint density at radius 3 is 0.683 bits per heavy atom. The molecule has 0 aliphatic carbocycles. The van der Waals surface area contributed by atoms with Gasteiger partial charge >= 0.3 is 0 Å². The molecule has 0 bridgehead atoms. The molecule has 0 spiro atoms. The van der Waals surface area contributed by atoms with Gasteiger partial charge in [-0.15, -0.1) is 0 Å². The molecule has 0 aromatic carbocycles. The fraction of sp³-hybridized carbons (Fsp3) is 1.00. The summed E-state index contributed by atoms with van der Waals surface area (Å²) in [6, 6.07) is 0. The lowest BCUT2D eigenvalue weighted by Gasteiger charge is -2.45. The fourth-order valence-corrected chi connectivity index (χ4v) is 7.56. The topological polar surface area (TPSA) is 9.23 Å². The van der Waals surface area contributed by atoms with Gasteiger partial charge in [0.05, 0.1) is 11.2 Å². The molecule has 0 amide bonds. The largest absolute Gasteiger partial charge is 0.369 e. The SMILES string of the molecule is CCCCCCCCCCCCCC(CCC)(CCC)OC(CCC)(CCC)CCCCCCCCCCCCC. The van der Waals surface area contributed by atoms with E-state index in [0.29, 0.717) is 0 Å². The second-order valence-electron chi connectivity index (χ2n) is 14.0. The summed E-state index contributed by atoms with van der Waals surface area (Å²) in [5, 5.41) is 0. The van der Waals surface area contributed by atoms with Crippen molar-refractivity contribution in [3.05, 3.63) is 0 Å². The molecular formula is C40H82O. The normalized spacial score (nSPS) is 12.4. The average molecular weight is 579 g/mol. The van der Waals surface area contributed by atoms with Gasteiger partial charge in [0.1, 0.15) is 0 Å². The van der Waals surface area contributed by atoms with E-state index in [9.17, 15) is 0 Å². The highest BCUT2D eigenvalue weighted by molar-refractivity contribution is 4.89. The van der Waals surface area contributed by atoms with Crippen LogP contribution in [0.4, 0.5) is 0 Å². The monoisotopic (exact) mass is 579 g/mol. The standard InChI is InChI=1S/C40H82O/c1-7-13-15-17-19-21-23-25-27-29-31-37-39(33-9-3,34-10-4)41-40(35-11-5,36-12-6)38-32-30-28-26-24-22-20-18-16-14-8-2/h7-38H2,1-6H3. The minimum atomic E-state index is 0.116. The summed E-state index contributed by atoms with van der Waals surface area (Å²) in [5.41, 5.74) is 0.232. The highest BCUT2D eigenvalue weighted by Crippen LogP contribution is 2.41. The zero-order chi connectivity index (χ0) is 30.3. The van der Waals surface area contributed by atoms with Gasteiger partial charge in [-0.25, -0.2) is 0 Å². The Balaban J connectivity index is 4.76. The first-order valence-electron chi connectivity index (χ1n) is 19.8. The minimum Gasteiger partial charge on any atom is -0.369 e. The maximum atomic E-state index is 7.57. The number of hydrogen-bond acceptors (Lipinski definition) is 1. The third-order valence-corrected chi connectivity index (χ3v) is 9.73. The molecule has 1 heteroatoms. The van der Waals surface area contributed by atoms with Crippen molar-refractivity contribution >= 4 is 0 Å². The molecular weight excluding hydrogens is 496 g/mol. The highest BCUT2D eigenvalue weighted by Gasteiger charge is 2.39. The van der Waals surface area contributed by atoms with E-state index in [1.54, 1.807) is 0 Å². The van der Waals surface area contributed by atoms with Crippen LogP contribution >= 0.6 is 0 Å². The fourth-order valence-electron chi connectivity index (χ4n) is 7.56. The quantitative estimate of drug-likeness (QED) is 0.0690. The van der Waals surface area contributed by atoms with E-state index in [4.69, 9.17) is 4.74 Å². The molecule has 0 radical (unpaired) electrons. The average Bonchev–Trinajstić information content (AvgIpc) is 2.95. The van der Waals surface area contributed by atoms with Crippen LogP contribution in [-0.2, 0) is 4.74 Å². The second kappa shape index (κ2) is 30.0. The van der Waals surface area contributed by atoms with E-state index in [1.165, 1.54) is 205 Å². The Labute approximate surface area is 262 Å². The number of rotatable bonds is 34. The molecule has 0 heterocycles. The molecule has 0 aliphatic rings. The van der Waals surface area contributed by atoms with Crippen LogP contribution in [0.3, 0.4) is 0 Å². The van der Waals surface area contributed by atoms with Crippen molar-refractivity contribution in [2.75, 3.05) is 0 Å². The zero-order valence-corrected chi connectivity index (χ0v) is 30.0. The van der Waals surface area contributed by atoms with Gasteiger partial charge in [0.2, 0.25) is 0 Å². The van der Waals surface area contributed by atoms with E-state index < -0.39 is 0 Å². The van der Waals surface area contributed by atoms with Crippen LogP contribution in [0, 0.1) is 0 Å². The predicted molar refractivity (Wildman–Crippen MR) is 188 cm³/mol. The van der Waals surface area contributed by atoms with Crippen molar-refractivity contribution < 1.29 is 4.74 Å². The minimum absolute atomic E-state index is 0.116. The Morgan fingerprint density at radius 2 is 0.463 bits per heavy atom. The van der Waals surface area contributed by atoms with Gasteiger partial charge in [0.15, 0.2) is 0 Å². The molecule has 0 aliphatic heterocycles. The van der Waals surface area contributed by atoms with E-state index in [-0.39, 0.29) is 11.2 Å². The van der Waals surface area contributed by atoms with Crippen LogP contribution in [0.1, 0.15) is 247 Å². The van der Waals surface area contributed by atoms with Gasteiger partial charge < -0.3 is 4.74 Å². The van der Waals surface area contributed by atoms with E-state index in [0.717, 1.165) is 0 Å². The molecule has 0 rings (SSSR count). The highest BCUT2D eigenvalue weighted by atomic mass is 16.5. The summed E-state index contributed by atoms with van der Waals surface area (Å²) in [5.74, 6) is 0. The maximum absolute atomic E-state index is 7.57. The van der Waals surface area contributed by atoms with E-state index in [2.05, 4.69) is 41.5 Å². The van der Waals surface area contributed by atoms with Crippen LogP contribution in [0.2, 0.25) is 0 Å². The zero-order valence-electron chi connectivity index (χ0n) is 30.0. The smallest absolute Gasteiger partial charge is 0.0689 e. The first kappa shape index (κ1) is 41.0.